The second kappa shape index (κ2) is 19.2. The highest BCUT2D eigenvalue weighted by molar-refractivity contribution is 6.09. The summed E-state index contributed by atoms with van der Waals surface area (Å²) in [7, 11) is 0. The summed E-state index contributed by atoms with van der Waals surface area (Å²) in [5, 5.41) is 6.88. The summed E-state index contributed by atoms with van der Waals surface area (Å²) in [5.41, 5.74) is 9.04. The second-order valence-electron chi connectivity index (χ2n) is 14.1. The fourth-order valence-corrected chi connectivity index (χ4v) is 6.90. The molecular weight excluding hydrogens is 665 g/mol. The third-order valence-electron chi connectivity index (χ3n) is 10.2. The van der Waals surface area contributed by atoms with Gasteiger partial charge in [-0.1, -0.05) is 147 Å². The summed E-state index contributed by atoms with van der Waals surface area (Å²) >= 11 is 0. The van der Waals surface area contributed by atoms with Crippen LogP contribution in [0.4, 0.5) is 0 Å². The fraction of sp³-hybridized carbons (Fsp3) is 0.222. The van der Waals surface area contributed by atoms with Crippen LogP contribution in [0.3, 0.4) is 0 Å². The normalized spacial score (nSPS) is 10.5. The molecule has 1 heteroatoms. The average Bonchev–Trinajstić information content (AvgIpc) is 3.22. The maximum absolute atomic E-state index is 5.55. The van der Waals surface area contributed by atoms with Crippen molar-refractivity contribution < 1.29 is 4.74 Å². The molecule has 272 valence electrons. The van der Waals surface area contributed by atoms with Crippen LogP contribution in [0.2, 0.25) is 0 Å². The van der Waals surface area contributed by atoms with Crippen LogP contribution in [-0.2, 0) is 17.6 Å². The van der Waals surface area contributed by atoms with Gasteiger partial charge in [-0.15, -0.1) is 0 Å². The Kier molecular flexibility index (Phi) is 13.5. The molecule has 6 aromatic carbocycles. The van der Waals surface area contributed by atoms with Gasteiger partial charge in [0.1, 0.15) is 5.76 Å². The Balaban J connectivity index is 1.25. The van der Waals surface area contributed by atoms with E-state index < -0.39 is 0 Å². The molecule has 0 fully saturated rings. The zero-order chi connectivity index (χ0) is 38.4. The van der Waals surface area contributed by atoms with Crippen LogP contribution in [0.5, 0.6) is 0 Å². The number of allylic oxidation sites excluding steroid dienone is 2. The fourth-order valence-electron chi connectivity index (χ4n) is 6.90. The van der Waals surface area contributed by atoms with Crippen molar-refractivity contribution in [2.75, 3.05) is 6.61 Å². The first-order valence-electron chi connectivity index (χ1n) is 19.7. The molecule has 1 nitrogen and oxygen atoms in total. The third-order valence-corrected chi connectivity index (χ3v) is 10.2. The van der Waals surface area contributed by atoms with E-state index in [0.29, 0.717) is 12.4 Å². The van der Waals surface area contributed by atoms with Crippen LogP contribution >= 0.6 is 0 Å². The number of rotatable bonds is 13. The predicted octanol–water partition coefficient (Wildman–Crippen LogP) is 13.4. The molecule has 0 radical (unpaired) electrons. The second-order valence-corrected chi connectivity index (χ2v) is 14.1. The van der Waals surface area contributed by atoms with Crippen molar-refractivity contribution in [1.29, 1.82) is 0 Å². The van der Waals surface area contributed by atoms with Crippen LogP contribution in [0.25, 0.3) is 32.3 Å². The summed E-state index contributed by atoms with van der Waals surface area (Å²) in [6.07, 6.45) is 11.0. The molecule has 0 aliphatic carbocycles. The van der Waals surface area contributed by atoms with E-state index >= 15 is 0 Å². The van der Waals surface area contributed by atoms with E-state index in [-0.39, 0.29) is 0 Å². The molecule has 0 atom stereocenters. The highest BCUT2D eigenvalue weighted by Gasteiger charge is 2.12. The number of unbranched alkanes of at least 4 members (excludes halogenated alkanes) is 3. The number of aryl methyl sites for hydroxylation is 2. The summed E-state index contributed by atoms with van der Waals surface area (Å²) in [6, 6.07) is 36.8. The molecule has 0 unspecified atom stereocenters. The van der Waals surface area contributed by atoms with Crippen LogP contribution < -0.4 is 0 Å². The van der Waals surface area contributed by atoms with Gasteiger partial charge in [0.25, 0.3) is 0 Å². The molecule has 0 bridgehead atoms. The smallest absolute Gasteiger partial charge is 0.111 e. The van der Waals surface area contributed by atoms with Crippen molar-refractivity contribution >= 4 is 32.3 Å². The van der Waals surface area contributed by atoms with E-state index in [4.69, 9.17) is 4.74 Å². The summed E-state index contributed by atoms with van der Waals surface area (Å²) in [5.74, 6) is 21.7. The molecule has 0 saturated heterocycles. The molecule has 0 saturated carbocycles. The topological polar surface area (TPSA) is 9.23 Å². The van der Waals surface area contributed by atoms with Gasteiger partial charge < -0.3 is 4.74 Å². The molecule has 0 aliphatic heterocycles. The molecule has 0 spiro atoms. The van der Waals surface area contributed by atoms with Gasteiger partial charge in [0.05, 0.1) is 6.61 Å². The number of hydrogen-bond acceptors (Lipinski definition) is 1. The Hall–Kier alpha value is -6.20. The van der Waals surface area contributed by atoms with Crippen molar-refractivity contribution in [3.8, 4) is 35.5 Å². The van der Waals surface area contributed by atoms with Gasteiger partial charge in [-0.3, -0.25) is 0 Å². The zero-order valence-electron chi connectivity index (χ0n) is 32.5. The van der Waals surface area contributed by atoms with Crippen molar-refractivity contribution in [2.24, 2.45) is 0 Å². The highest BCUT2D eigenvalue weighted by atomic mass is 16.5. The average molecular weight is 715 g/mol. The van der Waals surface area contributed by atoms with Gasteiger partial charge in [-0.05, 0) is 131 Å². The Labute approximate surface area is 328 Å². The van der Waals surface area contributed by atoms with E-state index in [0.717, 1.165) is 107 Å². The number of ether oxygens (including phenoxy) is 1. The van der Waals surface area contributed by atoms with Crippen molar-refractivity contribution in [1.82, 2.24) is 0 Å². The van der Waals surface area contributed by atoms with Crippen LogP contribution in [0.1, 0.15) is 97.7 Å². The van der Waals surface area contributed by atoms with Crippen molar-refractivity contribution in [2.45, 2.75) is 71.6 Å². The molecule has 6 rings (SSSR count). The maximum atomic E-state index is 5.55. The first kappa shape index (κ1) is 38.5. The first-order valence-corrected chi connectivity index (χ1v) is 19.7. The van der Waals surface area contributed by atoms with E-state index in [2.05, 4.69) is 172 Å². The molecule has 0 heterocycles. The van der Waals surface area contributed by atoms with Crippen molar-refractivity contribution in [3.05, 3.63) is 179 Å². The molecule has 0 aromatic heterocycles. The third kappa shape index (κ3) is 10.1. The maximum Gasteiger partial charge on any atom is 0.111 e. The van der Waals surface area contributed by atoms with Gasteiger partial charge in [-0.25, -0.2) is 0 Å². The Bertz CT molecular complexity index is 2500. The number of benzene rings is 6. The van der Waals surface area contributed by atoms with E-state index in [9.17, 15) is 0 Å². The summed E-state index contributed by atoms with van der Waals surface area (Å²) in [6.45, 7) is 16.6. The minimum absolute atomic E-state index is 0.633. The van der Waals surface area contributed by atoms with Crippen LogP contribution in [0, 0.1) is 35.5 Å². The minimum atomic E-state index is 0.633. The molecule has 6 aromatic rings. The van der Waals surface area contributed by atoms with Gasteiger partial charge >= 0.3 is 0 Å². The van der Waals surface area contributed by atoms with E-state index in [1.165, 1.54) is 27.5 Å². The summed E-state index contributed by atoms with van der Waals surface area (Å²) in [4.78, 5) is 0. The van der Waals surface area contributed by atoms with Gasteiger partial charge in [0.2, 0.25) is 0 Å². The minimum Gasteiger partial charge on any atom is -0.494 e. The molecule has 0 amide bonds. The lowest BCUT2D eigenvalue weighted by Gasteiger charge is -2.11. The van der Waals surface area contributed by atoms with Gasteiger partial charge in [-0.2, -0.15) is 0 Å². The monoisotopic (exact) mass is 714 g/mol. The zero-order valence-corrected chi connectivity index (χ0v) is 32.5. The van der Waals surface area contributed by atoms with E-state index in [1.54, 1.807) is 6.08 Å². The SMILES string of the molecule is C=CC(=C)OCCCCc1ccc2cc(C#Cc3c4ccccc4c(C#Cc4ccc(C#CCCCCC(=C)CC)cc4CC)c4ccccc34)ccc2c1. The molecule has 0 N–H and O–H groups in total. The Morgan fingerprint density at radius 3 is 1.95 bits per heavy atom. The Morgan fingerprint density at radius 2 is 1.27 bits per heavy atom. The molecule has 55 heavy (non-hydrogen) atoms. The quantitative estimate of drug-likeness (QED) is 0.0289. The lowest BCUT2D eigenvalue weighted by Crippen LogP contribution is -1.94. The number of hydrogen-bond donors (Lipinski definition) is 0. The van der Waals surface area contributed by atoms with Gasteiger partial charge in [0, 0.05) is 34.2 Å². The Morgan fingerprint density at radius 1 is 0.636 bits per heavy atom. The lowest BCUT2D eigenvalue weighted by molar-refractivity contribution is 0.219. The standard InChI is InChI=1S/C54H50O/c1-6-40(4)19-11-9-10-12-20-42-26-30-46(45(8-3)37-42)33-35-54-51-24-15-13-22-49(51)53(50-23-14-16-25-52(50)54)34-29-44-28-32-47-38-43(27-31-48(47)39-44)21-17-18-36-55-41(5)7-2/h7,13-16,22-28,30-32,37-39H,2,4-6,8-11,17-19,21,36H2,1,3H3. The lowest BCUT2D eigenvalue weighted by atomic mass is 9.91. The predicted molar refractivity (Wildman–Crippen MR) is 236 cm³/mol. The van der Waals surface area contributed by atoms with Crippen molar-refractivity contribution in [3.63, 3.8) is 0 Å². The molecular formula is C54H50O. The highest BCUT2D eigenvalue weighted by Crippen LogP contribution is 2.32. The van der Waals surface area contributed by atoms with E-state index in [1.807, 2.05) is 0 Å². The van der Waals surface area contributed by atoms with Crippen LogP contribution in [-0.4, -0.2) is 6.61 Å². The largest absolute Gasteiger partial charge is 0.494 e. The van der Waals surface area contributed by atoms with Gasteiger partial charge in [0.15, 0.2) is 0 Å². The number of fused-ring (bicyclic) bond motifs is 3. The summed E-state index contributed by atoms with van der Waals surface area (Å²) < 4.78 is 5.55. The molecule has 0 aliphatic rings. The first-order chi connectivity index (χ1) is 27.0. The van der Waals surface area contributed by atoms with Crippen LogP contribution in [0.15, 0.2) is 140 Å².